The van der Waals surface area contributed by atoms with E-state index in [1.165, 1.54) is 11.3 Å². The number of anilines is 1. The summed E-state index contributed by atoms with van der Waals surface area (Å²) in [5, 5.41) is 12.9. The molecule has 6 heteroatoms. The number of thiazole rings is 1. The summed E-state index contributed by atoms with van der Waals surface area (Å²) in [7, 11) is 0. The van der Waals surface area contributed by atoms with E-state index in [1.807, 2.05) is 17.5 Å². The zero-order chi connectivity index (χ0) is 14.1. The Morgan fingerprint density at radius 2 is 2.15 bits per heavy atom. The fourth-order valence-corrected chi connectivity index (χ4v) is 3.53. The first-order valence-corrected chi connectivity index (χ1v) is 7.57. The van der Waals surface area contributed by atoms with Crippen LogP contribution in [0.5, 0.6) is 0 Å². The van der Waals surface area contributed by atoms with Gasteiger partial charge in [-0.25, -0.2) is 4.98 Å². The molecule has 1 aromatic heterocycles. The fourth-order valence-electron chi connectivity index (χ4n) is 2.70. The van der Waals surface area contributed by atoms with E-state index in [2.05, 4.69) is 9.88 Å². The van der Waals surface area contributed by atoms with E-state index in [0.717, 1.165) is 10.7 Å². The number of carboxylic acid groups (broad SMARTS) is 1. The molecule has 0 radical (unpaired) electrons. The molecule has 2 unspecified atom stereocenters. The van der Waals surface area contributed by atoms with E-state index in [4.69, 9.17) is 11.6 Å². The molecular formula is C14H13ClN2O2S. The highest BCUT2D eigenvalue weighted by atomic mass is 35.5. The van der Waals surface area contributed by atoms with Gasteiger partial charge in [-0.2, -0.15) is 0 Å². The molecule has 2 atom stereocenters. The number of halogens is 1. The number of aliphatic carboxylic acids is 1. The van der Waals surface area contributed by atoms with Gasteiger partial charge in [-0.15, -0.1) is 11.3 Å². The molecule has 20 heavy (non-hydrogen) atoms. The quantitative estimate of drug-likeness (QED) is 0.943. The van der Waals surface area contributed by atoms with Gasteiger partial charge in [0.25, 0.3) is 0 Å². The van der Waals surface area contributed by atoms with Crippen molar-refractivity contribution < 1.29 is 9.90 Å². The van der Waals surface area contributed by atoms with E-state index in [9.17, 15) is 9.90 Å². The van der Waals surface area contributed by atoms with Gasteiger partial charge in [0.2, 0.25) is 0 Å². The van der Waals surface area contributed by atoms with Gasteiger partial charge >= 0.3 is 5.97 Å². The summed E-state index contributed by atoms with van der Waals surface area (Å²) in [4.78, 5) is 17.9. The van der Waals surface area contributed by atoms with Crippen molar-refractivity contribution in [2.45, 2.75) is 12.5 Å². The first-order chi connectivity index (χ1) is 9.66. The molecule has 1 aromatic carbocycles. The van der Waals surface area contributed by atoms with Gasteiger partial charge in [0, 0.05) is 23.1 Å². The Balaban J connectivity index is 1.99. The lowest BCUT2D eigenvalue weighted by molar-refractivity contribution is -0.141. The average Bonchev–Trinajstić information content (AvgIpc) is 3.08. The summed E-state index contributed by atoms with van der Waals surface area (Å²) in [6, 6.07) is 7.21. The summed E-state index contributed by atoms with van der Waals surface area (Å²) >= 11 is 7.44. The molecule has 3 rings (SSSR count). The average molecular weight is 309 g/mol. The molecule has 1 aliphatic rings. The predicted octanol–water partition coefficient (Wildman–Crippen LogP) is 3.45. The highest BCUT2D eigenvalue weighted by Gasteiger charge is 2.40. The summed E-state index contributed by atoms with van der Waals surface area (Å²) in [5.74, 6) is -1.18. The van der Waals surface area contributed by atoms with E-state index in [-0.39, 0.29) is 6.04 Å². The molecule has 0 saturated carbocycles. The minimum Gasteiger partial charge on any atom is -0.481 e. The third-order valence-electron chi connectivity index (χ3n) is 3.59. The molecule has 1 aliphatic heterocycles. The summed E-state index contributed by atoms with van der Waals surface area (Å²) in [6.45, 7) is 0.706. The van der Waals surface area contributed by atoms with Crippen molar-refractivity contribution in [2.24, 2.45) is 5.92 Å². The Morgan fingerprint density at radius 3 is 2.75 bits per heavy atom. The lowest BCUT2D eigenvalue weighted by atomic mass is 9.94. The van der Waals surface area contributed by atoms with Crippen LogP contribution in [0, 0.1) is 5.92 Å². The first kappa shape index (κ1) is 13.4. The summed E-state index contributed by atoms with van der Waals surface area (Å²) < 4.78 is 0. The number of carboxylic acids is 1. The largest absolute Gasteiger partial charge is 0.481 e. The molecule has 0 amide bonds. The van der Waals surface area contributed by atoms with Crippen LogP contribution < -0.4 is 4.90 Å². The molecular weight excluding hydrogens is 296 g/mol. The van der Waals surface area contributed by atoms with Crippen LogP contribution in [0.15, 0.2) is 35.8 Å². The molecule has 1 N–H and O–H groups in total. The maximum Gasteiger partial charge on any atom is 0.309 e. The number of carbonyl (C=O) groups is 1. The first-order valence-electron chi connectivity index (χ1n) is 6.31. The summed E-state index contributed by atoms with van der Waals surface area (Å²) in [6.07, 6.45) is 2.37. The number of hydrogen-bond acceptors (Lipinski definition) is 4. The molecule has 1 fully saturated rings. The van der Waals surface area contributed by atoms with Gasteiger partial charge in [0.05, 0.1) is 12.0 Å². The molecule has 104 valence electrons. The van der Waals surface area contributed by atoms with Gasteiger partial charge in [-0.3, -0.25) is 4.79 Å². The van der Waals surface area contributed by atoms with Crippen LogP contribution in [0.3, 0.4) is 0 Å². The number of aromatic nitrogens is 1. The van der Waals surface area contributed by atoms with Crippen LogP contribution in [-0.4, -0.2) is 22.6 Å². The fraction of sp³-hybridized carbons (Fsp3) is 0.286. The SMILES string of the molecule is O=C(O)C1CCN(c2nccs2)C1c1ccc(Cl)cc1. The van der Waals surface area contributed by atoms with Crippen LogP contribution in [0.4, 0.5) is 5.13 Å². The normalized spacial score (nSPS) is 22.1. The minimum atomic E-state index is -0.760. The van der Waals surface area contributed by atoms with Crippen molar-refractivity contribution in [1.29, 1.82) is 0 Å². The van der Waals surface area contributed by atoms with Crippen molar-refractivity contribution in [2.75, 3.05) is 11.4 Å². The standard InChI is InChI=1S/C14H13ClN2O2S/c15-10-3-1-9(2-4-10)12-11(13(18)19)5-7-17(12)14-16-6-8-20-14/h1-4,6,8,11-12H,5,7H2,(H,18,19). The Kier molecular flexibility index (Phi) is 3.63. The van der Waals surface area contributed by atoms with Gasteiger partial charge < -0.3 is 10.0 Å². The van der Waals surface area contributed by atoms with Crippen molar-refractivity contribution in [3.05, 3.63) is 46.4 Å². The van der Waals surface area contributed by atoms with Crippen LogP contribution in [0.2, 0.25) is 5.02 Å². The van der Waals surface area contributed by atoms with E-state index >= 15 is 0 Å². The Labute approximate surface area is 125 Å². The van der Waals surface area contributed by atoms with E-state index in [1.54, 1.807) is 18.3 Å². The summed E-state index contributed by atoms with van der Waals surface area (Å²) in [5.41, 5.74) is 0.967. The lowest BCUT2D eigenvalue weighted by Crippen LogP contribution is -2.28. The van der Waals surface area contributed by atoms with E-state index in [0.29, 0.717) is 18.0 Å². The third kappa shape index (κ3) is 2.39. The molecule has 1 saturated heterocycles. The van der Waals surface area contributed by atoms with Gasteiger partial charge in [0.1, 0.15) is 0 Å². The van der Waals surface area contributed by atoms with Crippen molar-refractivity contribution in [3.63, 3.8) is 0 Å². The molecule has 4 nitrogen and oxygen atoms in total. The Morgan fingerprint density at radius 1 is 1.40 bits per heavy atom. The van der Waals surface area contributed by atoms with Crippen molar-refractivity contribution in [1.82, 2.24) is 4.98 Å². The third-order valence-corrected chi connectivity index (χ3v) is 4.65. The topological polar surface area (TPSA) is 53.4 Å². The Hall–Kier alpha value is -1.59. The van der Waals surface area contributed by atoms with Gasteiger partial charge in [0.15, 0.2) is 5.13 Å². The molecule has 2 aromatic rings. The number of benzene rings is 1. The van der Waals surface area contributed by atoms with Crippen molar-refractivity contribution >= 4 is 34.0 Å². The molecule has 2 heterocycles. The number of rotatable bonds is 3. The second-order valence-corrected chi connectivity index (χ2v) is 6.05. The van der Waals surface area contributed by atoms with Crippen LogP contribution in [0.1, 0.15) is 18.0 Å². The molecule has 0 spiro atoms. The Bertz CT molecular complexity index is 600. The highest BCUT2D eigenvalue weighted by molar-refractivity contribution is 7.13. The van der Waals surface area contributed by atoms with Crippen LogP contribution in [-0.2, 0) is 4.79 Å². The number of nitrogens with zero attached hydrogens (tertiary/aromatic N) is 2. The highest BCUT2D eigenvalue weighted by Crippen LogP contribution is 2.41. The van der Waals surface area contributed by atoms with Crippen LogP contribution >= 0.6 is 22.9 Å². The van der Waals surface area contributed by atoms with Gasteiger partial charge in [-0.1, -0.05) is 23.7 Å². The molecule has 0 aliphatic carbocycles. The number of hydrogen-bond donors (Lipinski definition) is 1. The van der Waals surface area contributed by atoms with E-state index < -0.39 is 11.9 Å². The van der Waals surface area contributed by atoms with Gasteiger partial charge in [-0.05, 0) is 24.1 Å². The zero-order valence-electron chi connectivity index (χ0n) is 10.6. The monoisotopic (exact) mass is 308 g/mol. The zero-order valence-corrected chi connectivity index (χ0v) is 12.1. The second kappa shape index (κ2) is 5.42. The maximum absolute atomic E-state index is 11.5. The predicted molar refractivity (Wildman–Crippen MR) is 79.4 cm³/mol. The smallest absolute Gasteiger partial charge is 0.309 e. The lowest BCUT2D eigenvalue weighted by Gasteiger charge is -2.26. The second-order valence-electron chi connectivity index (χ2n) is 4.74. The van der Waals surface area contributed by atoms with Crippen molar-refractivity contribution in [3.8, 4) is 0 Å². The minimum absolute atomic E-state index is 0.184. The maximum atomic E-state index is 11.5. The van der Waals surface area contributed by atoms with Crippen LogP contribution in [0.25, 0.3) is 0 Å². The molecule has 0 bridgehead atoms.